The van der Waals surface area contributed by atoms with Crippen molar-refractivity contribution in [3.05, 3.63) is 34.9 Å². The van der Waals surface area contributed by atoms with Gasteiger partial charge in [-0.1, -0.05) is 30.7 Å². The highest BCUT2D eigenvalue weighted by atomic mass is 16.5. The fraction of sp³-hybridized carbons (Fsp3) is 0.625. The number of benzene rings is 1. The van der Waals surface area contributed by atoms with Gasteiger partial charge >= 0.3 is 0 Å². The van der Waals surface area contributed by atoms with Crippen LogP contribution in [0.25, 0.3) is 0 Å². The Morgan fingerprint density at radius 2 is 2.11 bits per heavy atom. The van der Waals surface area contributed by atoms with Crippen molar-refractivity contribution in [3.63, 3.8) is 0 Å². The number of likely N-dealkylation sites (N-methyl/N-ethyl adjacent to an activating group) is 1. The summed E-state index contributed by atoms with van der Waals surface area (Å²) in [5, 5.41) is 3.60. The van der Waals surface area contributed by atoms with Gasteiger partial charge in [0.2, 0.25) is 0 Å². The molecule has 1 heterocycles. The highest BCUT2D eigenvalue weighted by molar-refractivity contribution is 5.33. The molecule has 1 aliphatic rings. The van der Waals surface area contributed by atoms with Crippen LogP contribution in [0, 0.1) is 13.8 Å². The van der Waals surface area contributed by atoms with Gasteiger partial charge in [-0.05, 0) is 51.3 Å². The van der Waals surface area contributed by atoms with Crippen molar-refractivity contribution in [2.75, 3.05) is 6.54 Å². The number of aryl methyl sites for hydroxylation is 2. The van der Waals surface area contributed by atoms with E-state index in [0.717, 1.165) is 13.0 Å². The van der Waals surface area contributed by atoms with Gasteiger partial charge in [0.25, 0.3) is 0 Å². The van der Waals surface area contributed by atoms with Crippen LogP contribution < -0.4 is 5.32 Å². The maximum atomic E-state index is 6.06. The van der Waals surface area contributed by atoms with Crippen molar-refractivity contribution in [2.24, 2.45) is 0 Å². The van der Waals surface area contributed by atoms with Crippen LogP contribution in [0.2, 0.25) is 0 Å². The normalized spacial score (nSPS) is 25.3. The summed E-state index contributed by atoms with van der Waals surface area (Å²) in [6.45, 7) is 9.66. The average molecular weight is 247 g/mol. The standard InChI is InChI=1S/C16H25NO/c1-5-17-16(15-9-8-13(4)18-15)14-10-11(2)6-7-12(14)3/h6-7,10,13,15-17H,5,8-9H2,1-4H3. The van der Waals surface area contributed by atoms with Crippen molar-refractivity contribution in [3.8, 4) is 0 Å². The van der Waals surface area contributed by atoms with E-state index in [2.05, 4.69) is 51.2 Å². The SMILES string of the molecule is CCNC(c1cc(C)ccc1C)C1CCC(C)O1. The molecule has 100 valence electrons. The number of hydrogen-bond donors (Lipinski definition) is 1. The predicted octanol–water partition coefficient (Wildman–Crippen LogP) is 3.52. The van der Waals surface area contributed by atoms with Gasteiger partial charge in [0.15, 0.2) is 0 Å². The van der Waals surface area contributed by atoms with Crippen LogP contribution in [0.5, 0.6) is 0 Å². The minimum atomic E-state index is 0.320. The molecule has 0 radical (unpaired) electrons. The Hall–Kier alpha value is -0.860. The molecule has 1 aromatic rings. The summed E-state index contributed by atoms with van der Waals surface area (Å²) < 4.78 is 6.06. The molecular formula is C16H25NO. The van der Waals surface area contributed by atoms with Gasteiger partial charge in [0, 0.05) is 0 Å². The topological polar surface area (TPSA) is 21.3 Å². The molecule has 1 saturated heterocycles. The van der Waals surface area contributed by atoms with Crippen LogP contribution in [0.15, 0.2) is 18.2 Å². The Morgan fingerprint density at radius 1 is 1.33 bits per heavy atom. The second-order valence-electron chi connectivity index (χ2n) is 5.46. The lowest BCUT2D eigenvalue weighted by atomic mass is 9.94. The van der Waals surface area contributed by atoms with Crippen LogP contribution in [-0.4, -0.2) is 18.8 Å². The fourth-order valence-electron chi connectivity index (χ4n) is 2.84. The largest absolute Gasteiger partial charge is 0.373 e. The van der Waals surface area contributed by atoms with Gasteiger partial charge in [-0.25, -0.2) is 0 Å². The Balaban J connectivity index is 2.26. The van der Waals surface area contributed by atoms with E-state index in [4.69, 9.17) is 4.74 Å². The zero-order valence-electron chi connectivity index (χ0n) is 12.0. The van der Waals surface area contributed by atoms with Crippen LogP contribution in [0.3, 0.4) is 0 Å². The van der Waals surface area contributed by atoms with Crippen LogP contribution in [-0.2, 0) is 4.74 Å². The summed E-state index contributed by atoms with van der Waals surface area (Å²) in [7, 11) is 0. The third kappa shape index (κ3) is 2.93. The van der Waals surface area contributed by atoms with E-state index >= 15 is 0 Å². The summed E-state index contributed by atoms with van der Waals surface area (Å²) >= 11 is 0. The molecule has 3 unspecified atom stereocenters. The lowest BCUT2D eigenvalue weighted by Gasteiger charge is -2.26. The highest BCUT2D eigenvalue weighted by Gasteiger charge is 2.30. The van der Waals surface area contributed by atoms with Gasteiger partial charge in [0.05, 0.1) is 18.2 Å². The van der Waals surface area contributed by atoms with Crippen molar-refractivity contribution >= 4 is 0 Å². The van der Waals surface area contributed by atoms with E-state index in [1.165, 1.54) is 23.1 Å². The molecule has 0 aromatic heterocycles. The Labute approximate surface area is 111 Å². The molecular weight excluding hydrogens is 222 g/mol. The first-order valence-corrected chi connectivity index (χ1v) is 7.07. The summed E-state index contributed by atoms with van der Waals surface area (Å²) in [6.07, 6.45) is 3.06. The summed E-state index contributed by atoms with van der Waals surface area (Å²) in [5.41, 5.74) is 4.08. The first-order chi connectivity index (χ1) is 8.61. The summed E-state index contributed by atoms with van der Waals surface area (Å²) in [4.78, 5) is 0. The third-order valence-corrected chi connectivity index (χ3v) is 3.83. The van der Waals surface area contributed by atoms with Crippen molar-refractivity contribution in [2.45, 2.75) is 58.8 Å². The smallest absolute Gasteiger partial charge is 0.0774 e. The monoisotopic (exact) mass is 247 g/mol. The van der Waals surface area contributed by atoms with E-state index in [1.807, 2.05) is 0 Å². The molecule has 1 aromatic carbocycles. The van der Waals surface area contributed by atoms with Gasteiger partial charge in [0.1, 0.15) is 0 Å². The molecule has 3 atom stereocenters. The molecule has 1 N–H and O–H groups in total. The molecule has 1 aliphatic heterocycles. The number of ether oxygens (including phenoxy) is 1. The number of hydrogen-bond acceptors (Lipinski definition) is 2. The lowest BCUT2D eigenvalue weighted by molar-refractivity contribution is 0.0318. The van der Waals surface area contributed by atoms with Crippen LogP contribution in [0.1, 0.15) is 49.4 Å². The zero-order chi connectivity index (χ0) is 13.1. The van der Waals surface area contributed by atoms with Crippen LogP contribution in [0.4, 0.5) is 0 Å². The van der Waals surface area contributed by atoms with Gasteiger partial charge in [-0.15, -0.1) is 0 Å². The molecule has 2 nitrogen and oxygen atoms in total. The van der Waals surface area contributed by atoms with Crippen molar-refractivity contribution < 1.29 is 4.74 Å². The number of nitrogens with one attached hydrogen (secondary N) is 1. The minimum Gasteiger partial charge on any atom is -0.373 e. The van der Waals surface area contributed by atoms with Crippen molar-refractivity contribution in [1.29, 1.82) is 0 Å². The van der Waals surface area contributed by atoms with Gasteiger partial charge < -0.3 is 10.1 Å². The quantitative estimate of drug-likeness (QED) is 0.879. The molecule has 1 fully saturated rings. The molecule has 2 heteroatoms. The second kappa shape index (κ2) is 5.85. The average Bonchev–Trinajstić information content (AvgIpc) is 2.76. The molecule has 2 rings (SSSR count). The van der Waals surface area contributed by atoms with Crippen molar-refractivity contribution in [1.82, 2.24) is 5.32 Å². The van der Waals surface area contributed by atoms with Crippen LogP contribution >= 0.6 is 0 Å². The Bertz CT molecular complexity index is 402. The molecule has 0 bridgehead atoms. The first-order valence-electron chi connectivity index (χ1n) is 7.07. The first kappa shape index (κ1) is 13.6. The number of rotatable bonds is 4. The fourth-order valence-corrected chi connectivity index (χ4v) is 2.84. The molecule has 0 amide bonds. The maximum Gasteiger partial charge on any atom is 0.0774 e. The molecule has 0 saturated carbocycles. The third-order valence-electron chi connectivity index (χ3n) is 3.83. The van der Waals surface area contributed by atoms with Gasteiger partial charge in [-0.2, -0.15) is 0 Å². The Morgan fingerprint density at radius 3 is 2.72 bits per heavy atom. The predicted molar refractivity (Wildman–Crippen MR) is 75.9 cm³/mol. The van der Waals surface area contributed by atoms with Gasteiger partial charge in [-0.3, -0.25) is 0 Å². The molecule has 0 spiro atoms. The van der Waals surface area contributed by atoms with E-state index in [1.54, 1.807) is 0 Å². The zero-order valence-corrected chi connectivity index (χ0v) is 12.0. The second-order valence-corrected chi connectivity index (χ2v) is 5.46. The highest BCUT2D eigenvalue weighted by Crippen LogP contribution is 2.31. The van der Waals surface area contributed by atoms with E-state index in [9.17, 15) is 0 Å². The Kier molecular flexibility index (Phi) is 4.41. The minimum absolute atomic E-state index is 0.320. The molecule has 0 aliphatic carbocycles. The van der Waals surface area contributed by atoms with E-state index in [0.29, 0.717) is 18.2 Å². The molecule has 18 heavy (non-hydrogen) atoms. The summed E-state index contributed by atoms with van der Waals surface area (Å²) in [5.74, 6) is 0. The van der Waals surface area contributed by atoms with E-state index < -0.39 is 0 Å². The summed E-state index contributed by atoms with van der Waals surface area (Å²) in [6, 6.07) is 7.03. The maximum absolute atomic E-state index is 6.06. The van der Waals surface area contributed by atoms with E-state index in [-0.39, 0.29) is 0 Å². The lowest BCUT2D eigenvalue weighted by Crippen LogP contribution is -2.32.